The molecular weight excluding hydrogens is 340 g/mol. The Labute approximate surface area is 110 Å². The van der Waals surface area contributed by atoms with Crippen molar-refractivity contribution in [3.63, 3.8) is 0 Å². The molecule has 2 rings (SSSR count). The van der Waals surface area contributed by atoms with Crippen LogP contribution in [0, 0.1) is 0 Å². The van der Waals surface area contributed by atoms with E-state index >= 15 is 0 Å². The summed E-state index contributed by atoms with van der Waals surface area (Å²) in [6.07, 6.45) is 0.325. The lowest BCUT2D eigenvalue weighted by Crippen LogP contribution is -2.35. The Morgan fingerprint density at radius 1 is 1.44 bits per heavy atom. The zero-order valence-electron chi connectivity index (χ0n) is 8.30. The first-order valence-corrected chi connectivity index (χ1v) is 6.34. The van der Waals surface area contributed by atoms with Gasteiger partial charge in [0.05, 0.1) is 18.3 Å². The van der Waals surface area contributed by atoms with Crippen molar-refractivity contribution in [3.8, 4) is 0 Å². The lowest BCUT2D eigenvalue weighted by molar-refractivity contribution is 0.115. The molecule has 6 heteroatoms. The predicted octanol–water partition coefficient (Wildman–Crippen LogP) is 2.96. The van der Waals surface area contributed by atoms with Crippen molar-refractivity contribution in [2.45, 2.75) is 12.5 Å². The zero-order valence-corrected chi connectivity index (χ0v) is 11.5. The number of nitrogen functional groups attached to an aromatic ring is 1. The van der Waals surface area contributed by atoms with Crippen LogP contribution in [-0.2, 0) is 4.74 Å². The zero-order chi connectivity index (χ0) is 11.7. The third-order valence-corrected chi connectivity index (χ3v) is 3.55. The highest BCUT2D eigenvalue weighted by Gasteiger charge is 2.23. The topological polar surface area (TPSA) is 64.3 Å². The van der Waals surface area contributed by atoms with Crippen molar-refractivity contribution in [2.24, 2.45) is 0 Å². The first-order valence-electron chi connectivity index (χ1n) is 4.75. The van der Waals surface area contributed by atoms with Gasteiger partial charge in [-0.25, -0.2) is 4.79 Å². The van der Waals surface area contributed by atoms with Crippen LogP contribution in [0.4, 0.5) is 10.5 Å². The number of hydrogen-bond acceptors (Lipinski definition) is 3. The van der Waals surface area contributed by atoms with Crippen molar-refractivity contribution in [1.82, 2.24) is 5.32 Å². The van der Waals surface area contributed by atoms with E-state index in [0.29, 0.717) is 12.3 Å². The molecule has 0 aromatic heterocycles. The van der Waals surface area contributed by atoms with Crippen LogP contribution in [0.2, 0.25) is 0 Å². The number of benzene rings is 1. The summed E-state index contributed by atoms with van der Waals surface area (Å²) in [5.41, 5.74) is 7.52. The minimum atomic E-state index is -0.397. The molecule has 1 aromatic carbocycles. The Balaban J connectivity index is 2.35. The van der Waals surface area contributed by atoms with Crippen LogP contribution in [0.1, 0.15) is 18.0 Å². The molecule has 1 saturated heterocycles. The van der Waals surface area contributed by atoms with Crippen molar-refractivity contribution >= 4 is 43.6 Å². The SMILES string of the molecule is Nc1c(Br)cc(Br)cc1[C@H]1CCOC(=O)N1. The van der Waals surface area contributed by atoms with Crippen LogP contribution in [0.3, 0.4) is 0 Å². The second-order valence-electron chi connectivity index (χ2n) is 3.51. The summed E-state index contributed by atoms with van der Waals surface area (Å²) >= 11 is 6.78. The number of carbonyl (C=O) groups excluding carboxylic acids is 1. The molecule has 1 heterocycles. The van der Waals surface area contributed by atoms with Gasteiger partial charge in [-0.2, -0.15) is 0 Å². The molecule has 4 nitrogen and oxygen atoms in total. The van der Waals surface area contributed by atoms with Gasteiger partial charge < -0.3 is 15.8 Å². The van der Waals surface area contributed by atoms with Gasteiger partial charge in [0.1, 0.15) is 0 Å². The van der Waals surface area contributed by atoms with Gasteiger partial charge in [-0.15, -0.1) is 0 Å². The number of amides is 1. The Bertz CT molecular complexity index is 437. The average molecular weight is 350 g/mol. The van der Waals surface area contributed by atoms with Gasteiger partial charge in [0.15, 0.2) is 0 Å². The number of alkyl carbamates (subject to hydrolysis) is 1. The number of anilines is 1. The first-order chi connectivity index (χ1) is 7.58. The van der Waals surface area contributed by atoms with E-state index in [2.05, 4.69) is 37.2 Å². The van der Waals surface area contributed by atoms with E-state index in [1.165, 1.54) is 0 Å². The fourth-order valence-electron chi connectivity index (χ4n) is 1.65. The molecule has 0 saturated carbocycles. The summed E-state index contributed by atoms with van der Waals surface area (Å²) in [5, 5.41) is 2.75. The van der Waals surface area contributed by atoms with E-state index in [9.17, 15) is 4.79 Å². The molecule has 1 fully saturated rings. The van der Waals surface area contributed by atoms with Crippen LogP contribution in [0.25, 0.3) is 0 Å². The quantitative estimate of drug-likeness (QED) is 0.766. The van der Waals surface area contributed by atoms with Crippen molar-refractivity contribution in [3.05, 3.63) is 26.6 Å². The molecule has 0 aliphatic carbocycles. The molecular formula is C10H10Br2N2O2. The third-order valence-electron chi connectivity index (χ3n) is 2.43. The van der Waals surface area contributed by atoms with Crippen molar-refractivity contribution < 1.29 is 9.53 Å². The summed E-state index contributed by atoms with van der Waals surface area (Å²) in [6, 6.07) is 3.70. The number of nitrogens with two attached hydrogens (primary N) is 1. The average Bonchev–Trinajstić information content (AvgIpc) is 2.23. The molecule has 1 aliphatic heterocycles. The number of cyclic esters (lactones) is 1. The Morgan fingerprint density at radius 3 is 2.88 bits per heavy atom. The molecule has 0 bridgehead atoms. The number of carbonyl (C=O) groups is 1. The molecule has 0 spiro atoms. The molecule has 86 valence electrons. The number of nitrogens with one attached hydrogen (secondary N) is 1. The largest absolute Gasteiger partial charge is 0.449 e. The molecule has 0 radical (unpaired) electrons. The lowest BCUT2D eigenvalue weighted by Gasteiger charge is -2.25. The smallest absolute Gasteiger partial charge is 0.407 e. The van der Waals surface area contributed by atoms with Crippen LogP contribution >= 0.6 is 31.9 Å². The monoisotopic (exact) mass is 348 g/mol. The summed E-state index contributed by atoms with van der Waals surface area (Å²) in [5.74, 6) is 0. The molecule has 1 aliphatic rings. The minimum absolute atomic E-state index is 0.0879. The number of hydrogen-bond donors (Lipinski definition) is 2. The Morgan fingerprint density at radius 2 is 2.19 bits per heavy atom. The van der Waals surface area contributed by atoms with Crippen LogP contribution in [-0.4, -0.2) is 12.7 Å². The second-order valence-corrected chi connectivity index (χ2v) is 5.28. The molecule has 16 heavy (non-hydrogen) atoms. The highest BCUT2D eigenvalue weighted by Crippen LogP contribution is 2.34. The maximum Gasteiger partial charge on any atom is 0.407 e. The molecule has 1 amide bonds. The second kappa shape index (κ2) is 4.63. The lowest BCUT2D eigenvalue weighted by atomic mass is 10.0. The fourth-order valence-corrected chi connectivity index (χ4v) is 2.91. The highest BCUT2D eigenvalue weighted by atomic mass is 79.9. The number of halogens is 2. The number of rotatable bonds is 1. The summed E-state index contributed by atoms with van der Waals surface area (Å²) < 4.78 is 6.55. The first kappa shape index (κ1) is 11.7. The van der Waals surface area contributed by atoms with E-state index < -0.39 is 6.09 Å². The van der Waals surface area contributed by atoms with Gasteiger partial charge in [0.25, 0.3) is 0 Å². The summed E-state index contributed by atoms with van der Waals surface area (Å²) in [7, 11) is 0. The Hall–Kier alpha value is -0.750. The summed E-state index contributed by atoms with van der Waals surface area (Å²) in [6.45, 7) is 0.417. The third kappa shape index (κ3) is 2.32. The standard InChI is InChI=1S/C10H10Br2N2O2/c11-5-3-6(9(13)7(12)4-5)8-1-2-16-10(15)14-8/h3-4,8H,1-2,13H2,(H,14,15)/t8-/m1/s1. The molecule has 1 atom stereocenters. The van der Waals surface area contributed by atoms with Gasteiger partial charge in [0.2, 0.25) is 0 Å². The normalized spacial score (nSPS) is 20.1. The van der Waals surface area contributed by atoms with Crippen LogP contribution in [0.15, 0.2) is 21.1 Å². The van der Waals surface area contributed by atoms with E-state index in [-0.39, 0.29) is 6.04 Å². The molecule has 3 N–H and O–H groups in total. The van der Waals surface area contributed by atoms with Crippen LogP contribution in [0.5, 0.6) is 0 Å². The predicted molar refractivity (Wildman–Crippen MR) is 68.1 cm³/mol. The maximum absolute atomic E-state index is 11.1. The molecule has 1 aromatic rings. The van der Waals surface area contributed by atoms with Gasteiger partial charge in [0, 0.05) is 15.4 Å². The van der Waals surface area contributed by atoms with E-state index in [1.54, 1.807) is 0 Å². The maximum atomic E-state index is 11.1. The fraction of sp³-hybridized carbons (Fsp3) is 0.300. The minimum Gasteiger partial charge on any atom is -0.449 e. The van der Waals surface area contributed by atoms with Gasteiger partial charge in [-0.05, 0) is 33.6 Å². The molecule has 0 unspecified atom stereocenters. The highest BCUT2D eigenvalue weighted by molar-refractivity contribution is 9.11. The number of ether oxygens (including phenoxy) is 1. The van der Waals surface area contributed by atoms with Crippen molar-refractivity contribution in [1.29, 1.82) is 0 Å². The van der Waals surface area contributed by atoms with Gasteiger partial charge in [-0.3, -0.25) is 0 Å². The van der Waals surface area contributed by atoms with E-state index in [4.69, 9.17) is 10.5 Å². The van der Waals surface area contributed by atoms with Crippen LogP contribution < -0.4 is 11.1 Å². The Kier molecular flexibility index (Phi) is 3.39. The van der Waals surface area contributed by atoms with E-state index in [0.717, 1.165) is 20.9 Å². The summed E-state index contributed by atoms with van der Waals surface area (Å²) in [4.78, 5) is 11.1. The van der Waals surface area contributed by atoms with Gasteiger partial charge in [-0.1, -0.05) is 15.9 Å². The van der Waals surface area contributed by atoms with Crippen molar-refractivity contribution in [2.75, 3.05) is 12.3 Å². The van der Waals surface area contributed by atoms with Gasteiger partial charge >= 0.3 is 6.09 Å². The van der Waals surface area contributed by atoms with E-state index in [1.807, 2.05) is 12.1 Å².